The van der Waals surface area contributed by atoms with Crippen molar-refractivity contribution in [2.75, 3.05) is 0 Å². The molecule has 0 radical (unpaired) electrons. The van der Waals surface area contributed by atoms with E-state index in [1.54, 1.807) is 0 Å². The average molecular weight is 186 g/mol. The molecule has 1 aliphatic rings. The molecule has 1 fully saturated rings. The summed E-state index contributed by atoms with van der Waals surface area (Å²) in [6, 6.07) is 0. The molecular formula is C9H18O2Si. The predicted molar refractivity (Wildman–Crippen MR) is 51.9 cm³/mol. The van der Waals surface area contributed by atoms with Crippen LogP contribution in [0.4, 0.5) is 0 Å². The highest BCUT2D eigenvalue weighted by atomic mass is 28.3. The van der Waals surface area contributed by atoms with Gasteiger partial charge in [-0.05, 0) is 18.4 Å². The van der Waals surface area contributed by atoms with Crippen LogP contribution in [0.15, 0.2) is 0 Å². The van der Waals surface area contributed by atoms with Gasteiger partial charge in [-0.1, -0.05) is 19.6 Å². The number of ether oxygens (including phenoxy) is 1. The molecule has 0 aromatic rings. The summed E-state index contributed by atoms with van der Waals surface area (Å²) in [5.41, 5.74) is 0.863. The van der Waals surface area contributed by atoms with Gasteiger partial charge in [0.25, 0.3) is 0 Å². The summed E-state index contributed by atoms with van der Waals surface area (Å²) in [5.74, 6) is -0.131. The lowest BCUT2D eigenvalue weighted by Crippen LogP contribution is -2.41. The van der Waals surface area contributed by atoms with Crippen molar-refractivity contribution < 1.29 is 9.53 Å². The Bertz CT molecular complexity index is 177. The highest BCUT2D eigenvalue weighted by Crippen LogP contribution is 2.42. The molecule has 0 bridgehead atoms. The van der Waals surface area contributed by atoms with Gasteiger partial charge in [0.15, 0.2) is 0 Å². The monoisotopic (exact) mass is 186 g/mol. The first-order chi connectivity index (χ1) is 5.39. The van der Waals surface area contributed by atoms with Crippen molar-refractivity contribution in [2.45, 2.75) is 51.1 Å². The molecule has 3 heteroatoms. The number of carbonyl (C=O) groups is 1. The van der Waals surface area contributed by atoms with E-state index in [4.69, 9.17) is 4.74 Å². The first-order valence-corrected chi connectivity index (χ1v) is 8.14. The van der Waals surface area contributed by atoms with E-state index in [2.05, 4.69) is 19.6 Å². The SMILES string of the molecule is CC(=O)OC1CC([Si](C)(C)C)C1. The molecule has 0 atom stereocenters. The van der Waals surface area contributed by atoms with Crippen LogP contribution in [0.25, 0.3) is 0 Å². The van der Waals surface area contributed by atoms with E-state index in [9.17, 15) is 4.79 Å². The molecule has 12 heavy (non-hydrogen) atoms. The second-order valence-electron chi connectivity index (χ2n) is 4.77. The van der Waals surface area contributed by atoms with E-state index in [1.165, 1.54) is 6.92 Å². The Morgan fingerprint density at radius 1 is 1.33 bits per heavy atom. The van der Waals surface area contributed by atoms with Gasteiger partial charge in [-0.15, -0.1) is 0 Å². The molecule has 0 aromatic heterocycles. The van der Waals surface area contributed by atoms with E-state index in [0.717, 1.165) is 18.4 Å². The minimum atomic E-state index is -0.958. The first-order valence-electron chi connectivity index (χ1n) is 4.57. The molecule has 0 aliphatic heterocycles. The molecule has 1 saturated carbocycles. The standard InChI is InChI=1S/C9H18O2Si/c1-7(10)11-8-5-9(6-8)12(2,3)4/h8-9H,5-6H2,1-4H3. The summed E-state index contributed by atoms with van der Waals surface area (Å²) in [6.07, 6.45) is 2.45. The minimum Gasteiger partial charge on any atom is -0.463 e. The van der Waals surface area contributed by atoms with Gasteiger partial charge in [0.1, 0.15) is 6.10 Å². The van der Waals surface area contributed by atoms with Crippen LogP contribution < -0.4 is 0 Å². The van der Waals surface area contributed by atoms with Crippen molar-refractivity contribution in [3.63, 3.8) is 0 Å². The van der Waals surface area contributed by atoms with Crippen molar-refractivity contribution in [2.24, 2.45) is 0 Å². The van der Waals surface area contributed by atoms with Crippen molar-refractivity contribution in [1.29, 1.82) is 0 Å². The van der Waals surface area contributed by atoms with Crippen LogP contribution in [0.1, 0.15) is 19.8 Å². The largest absolute Gasteiger partial charge is 0.463 e. The molecule has 0 amide bonds. The minimum absolute atomic E-state index is 0.131. The maximum Gasteiger partial charge on any atom is 0.302 e. The predicted octanol–water partition coefficient (Wildman–Crippen LogP) is 2.42. The van der Waals surface area contributed by atoms with Gasteiger partial charge < -0.3 is 4.74 Å². The number of esters is 1. The fourth-order valence-corrected chi connectivity index (χ4v) is 3.54. The zero-order valence-corrected chi connectivity index (χ0v) is 9.39. The summed E-state index contributed by atoms with van der Waals surface area (Å²) in [7, 11) is -0.958. The third-order valence-electron chi connectivity index (χ3n) is 2.65. The highest BCUT2D eigenvalue weighted by molar-refractivity contribution is 6.77. The number of hydrogen-bond donors (Lipinski definition) is 0. The summed E-state index contributed by atoms with van der Waals surface area (Å²) in [6.45, 7) is 8.62. The molecule has 0 aromatic carbocycles. The molecule has 1 aliphatic carbocycles. The molecule has 0 N–H and O–H groups in total. The van der Waals surface area contributed by atoms with E-state index >= 15 is 0 Å². The quantitative estimate of drug-likeness (QED) is 0.489. The zero-order chi connectivity index (χ0) is 9.35. The number of rotatable bonds is 2. The third-order valence-corrected chi connectivity index (χ3v) is 5.57. The first kappa shape index (κ1) is 9.77. The van der Waals surface area contributed by atoms with Crippen molar-refractivity contribution >= 4 is 14.0 Å². The Balaban J connectivity index is 2.25. The normalized spacial score (nSPS) is 29.3. The Hall–Kier alpha value is -0.313. The lowest BCUT2D eigenvalue weighted by molar-refractivity contribution is -0.150. The van der Waals surface area contributed by atoms with E-state index in [1.807, 2.05) is 0 Å². The molecular weight excluding hydrogens is 168 g/mol. The van der Waals surface area contributed by atoms with Crippen LogP contribution in [-0.2, 0) is 9.53 Å². The number of hydrogen-bond acceptors (Lipinski definition) is 2. The Labute approximate surface area is 75.3 Å². The second kappa shape index (κ2) is 3.21. The highest BCUT2D eigenvalue weighted by Gasteiger charge is 2.39. The summed E-state index contributed by atoms with van der Waals surface area (Å²) < 4.78 is 5.09. The Morgan fingerprint density at radius 2 is 1.83 bits per heavy atom. The van der Waals surface area contributed by atoms with E-state index in [-0.39, 0.29) is 12.1 Å². The molecule has 0 unspecified atom stereocenters. The summed E-state index contributed by atoms with van der Waals surface area (Å²) in [5, 5.41) is 0. The van der Waals surface area contributed by atoms with Crippen molar-refractivity contribution in [1.82, 2.24) is 0 Å². The van der Waals surface area contributed by atoms with Gasteiger partial charge in [0.05, 0.1) is 0 Å². The molecule has 0 heterocycles. The van der Waals surface area contributed by atoms with Crippen LogP contribution in [0.5, 0.6) is 0 Å². The molecule has 0 spiro atoms. The zero-order valence-electron chi connectivity index (χ0n) is 8.39. The summed E-state index contributed by atoms with van der Waals surface area (Å²) in [4.78, 5) is 10.6. The van der Waals surface area contributed by atoms with Crippen LogP contribution in [0.3, 0.4) is 0 Å². The molecule has 0 saturated heterocycles. The Kier molecular flexibility index (Phi) is 2.61. The van der Waals surface area contributed by atoms with E-state index in [0.29, 0.717) is 0 Å². The van der Waals surface area contributed by atoms with Crippen molar-refractivity contribution in [3.05, 3.63) is 0 Å². The van der Waals surface area contributed by atoms with Crippen LogP contribution in [0, 0.1) is 0 Å². The molecule has 70 valence electrons. The van der Waals surface area contributed by atoms with Gasteiger partial charge in [-0.3, -0.25) is 4.79 Å². The van der Waals surface area contributed by atoms with Crippen LogP contribution in [0.2, 0.25) is 25.2 Å². The maximum atomic E-state index is 10.6. The fraction of sp³-hybridized carbons (Fsp3) is 0.889. The molecule has 2 nitrogen and oxygen atoms in total. The molecule has 1 rings (SSSR count). The fourth-order valence-electron chi connectivity index (χ4n) is 1.60. The lowest BCUT2D eigenvalue weighted by atomic mass is 9.95. The van der Waals surface area contributed by atoms with Crippen LogP contribution in [-0.4, -0.2) is 20.1 Å². The smallest absolute Gasteiger partial charge is 0.302 e. The van der Waals surface area contributed by atoms with Gasteiger partial charge in [0, 0.05) is 15.0 Å². The van der Waals surface area contributed by atoms with Gasteiger partial charge in [-0.2, -0.15) is 0 Å². The van der Waals surface area contributed by atoms with Gasteiger partial charge >= 0.3 is 5.97 Å². The average Bonchev–Trinajstić information content (AvgIpc) is 1.73. The van der Waals surface area contributed by atoms with E-state index < -0.39 is 8.07 Å². The third kappa shape index (κ3) is 2.34. The Morgan fingerprint density at radius 3 is 2.17 bits per heavy atom. The van der Waals surface area contributed by atoms with Crippen LogP contribution >= 0.6 is 0 Å². The maximum absolute atomic E-state index is 10.6. The van der Waals surface area contributed by atoms with Gasteiger partial charge in [0.2, 0.25) is 0 Å². The second-order valence-corrected chi connectivity index (χ2v) is 10.3. The number of carbonyl (C=O) groups excluding carboxylic acids is 1. The lowest BCUT2D eigenvalue weighted by Gasteiger charge is -2.41. The van der Waals surface area contributed by atoms with Gasteiger partial charge in [-0.25, -0.2) is 0 Å². The topological polar surface area (TPSA) is 26.3 Å². The van der Waals surface area contributed by atoms with Crippen molar-refractivity contribution in [3.8, 4) is 0 Å². The summed E-state index contributed by atoms with van der Waals surface area (Å²) >= 11 is 0.